The Bertz CT molecular complexity index is 1030. The first-order valence-corrected chi connectivity index (χ1v) is 11.3. The lowest BCUT2D eigenvalue weighted by Gasteiger charge is -2.30. The van der Waals surface area contributed by atoms with Crippen LogP contribution in [0.3, 0.4) is 0 Å². The van der Waals surface area contributed by atoms with Gasteiger partial charge in [0.25, 0.3) is 5.91 Å². The van der Waals surface area contributed by atoms with E-state index in [0.717, 1.165) is 5.56 Å². The molecule has 0 N–H and O–H groups in total. The molecule has 2 rings (SSSR count). The van der Waals surface area contributed by atoms with Gasteiger partial charge in [0, 0.05) is 17.6 Å². The largest absolute Gasteiger partial charge is 0.490 e. The second-order valence-electron chi connectivity index (χ2n) is 8.09. The highest BCUT2D eigenvalue weighted by Crippen LogP contribution is 2.29. The van der Waals surface area contributed by atoms with Gasteiger partial charge in [0.05, 0.1) is 6.61 Å². The number of ether oxygens (including phenoxy) is 3. The average Bonchev–Trinajstić information content (AvgIpc) is 2.80. The minimum Gasteiger partial charge on any atom is -0.490 e. The van der Waals surface area contributed by atoms with E-state index in [1.165, 1.54) is 6.08 Å². The van der Waals surface area contributed by atoms with Crippen molar-refractivity contribution in [1.82, 2.24) is 4.90 Å². The van der Waals surface area contributed by atoms with Crippen LogP contribution in [0.1, 0.15) is 50.5 Å². The lowest BCUT2D eigenvalue weighted by atomic mass is 10.1. The Morgan fingerprint density at radius 2 is 1.65 bits per heavy atom. The molecule has 0 saturated carbocycles. The Morgan fingerprint density at radius 1 is 0.971 bits per heavy atom. The van der Waals surface area contributed by atoms with E-state index in [1.807, 2.05) is 40.7 Å². The predicted molar refractivity (Wildman–Crippen MR) is 131 cm³/mol. The van der Waals surface area contributed by atoms with Gasteiger partial charge in [-0.3, -0.25) is 9.59 Å². The summed E-state index contributed by atoms with van der Waals surface area (Å²) < 4.78 is 16.7. The second-order valence-corrected chi connectivity index (χ2v) is 8.09. The third-order valence-corrected chi connectivity index (χ3v) is 4.89. The summed E-state index contributed by atoms with van der Waals surface area (Å²) >= 11 is 0. The lowest BCUT2D eigenvalue weighted by molar-refractivity contribution is -0.137. The molecule has 0 atom stereocenters. The Balaban J connectivity index is 2.09. The number of rotatable bonds is 12. The Morgan fingerprint density at radius 3 is 2.24 bits per heavy atom. The number of allylic oxidation sites excluding steroid dienone is 1. The third kappa shape index (κ3) is 7.66. The molecular formula is C27H32N2O5. The monoisotopic (exact) mass is 464 g/mol. The fraction of sp³-hybridized carbons (Fsp3) is 0.370. The van der Waals surface area contributed by atoms with Gasteiger partial charge < -0.3 is 19.1 Å². The summed E-state index contributed by atoms with van der Waals surface area (Å²) in [5, 5.41) is 8.56. The molecule has 0 heterocycles. The van der Waals surface area contributed by atoms with Crippen molar-refractivity contribution in [2.24, 2.45) is 0 Å². The Labute approximate surface area is 201 Å². The van der Waals surface area contributed by atoms with Crippen molar-refractivity contribution < 1.29 is 23.8 Å². The minimum absolute atomic E-state index is 0.0447. The fourth-order valence-electron chi connectivity index (χ4n) is 3.50. The smallest absolute Gasteiger partial charge is 0.260 e. The van der Waals surface area contributed by atoms with E-state index < -0.39 is 0 Å². The van der Waals surface area contributed by atoms with E-state index >= 15 is 0 Å². The van der Waals surface area contributed by atoms with Crippen molar-refractivity contribution in [2.75, 3.05) is 19.8 Å². The van der Waals surface area contributed by atoms with Gasteiger partial charge in [0.2, 0.25) is 0 Å². The molecule has 1 amide bonds. The zero-order valence-electron chi connectivity index (χ0n) is 20.4. The third-order valence-electron chi connectivity index (χ3n) is 4.89. The molecule has 2 aromatic carbocycles. The summed E-state index contributed by atoms with van der Waals surface area (Å²) in [7, 11) is 0. The lowest BCUT2D eigenvalue weighted by Crippen LogP contribution is -2.44. The van der Waals surface area contributed by atoms with Gasteiger partial charge in [0.1, 0.15) is 11.8 Å². The van der Waals surface area contributed by atoms with E-state index in [9.17, 15) is 9.59 Å². The maximum atomic E-state index is 12.6. The Kier molecular flexibility index (Phi) is 10.2. The molecule has 0 aromatic heterocycles. The first kappa shape index (κ1) is 26.5. The van der Waals surface area contributed by atoms with Crippen molar-refractivity contribution in [3.63, 3.8) is 0 Å². The first-order valence-electron chi connectivity index (χ1n) is 11.3. The number of carbonyl (C=O) groups excluding carboxylic acids is 2. The molecule has 0 unspecified atom stereocenters. The summed E-state index contributed by atoms with van der Waals surface area (Å²) in [6.45, 7) is 10.1. The fourth-order valence-corrected chi connectivity index (χ4v) is 3.50. The summed E-state index contributed by atoms with van der Waals surface area (Å²) in [4.78, 5) is 26.9. The van der Waals surface area contributed by atoms with Gasteiger partial charge in [-0.2, -0.15) is 5.26 Å². The van der Waals surface area contributed by atoms with Crippen molar-refractivity contribution >= 4 is 17.8 Å². The summed E-state index contributed by atoms with van der Waals surface area (Å²) in [5.41, 5.74) is 1.26. The van der Waals surface area contributed by atoms with Crippen molar-refractivity contribution in [1.29, 1.82) is 5.26 Å². The number of amides is 1. The van der Waals surface area contributed by atoms with Crippen molar-refractivity contribution in [2.45, 2.75) is 46.7 Å². The number of ketones is 1. The van der Waals surface area contributed by atoms with Crippen LogP contribution in [0.15, 0.2) is 48.5 Å². The van der Waals surface area contributed by atoms with Gasteiger partial charge in [-0.15, -0.1) is 0 Å². The topological polar surface area (TPSA) is 88.9 Å². The maximum Gasteiger partial charge on any atom is 0.260 e. The first-order chi connectivity index (χ1) is 16.3. The summed E-state index contributed by atoms with van der Waals surface area (Å²) in [5.74, 6) is 1.25. The molecule has 0 spiro atoms. The van der Waals surface area contributed by atoms with Crippen LogP contribution in [-0.2, 0) is 4.79 Å². The molecule has 34 heavy (non-hydrogen) atoms. The van der Waals surface area contributed by atoms with Crippen LogP contribution in [-0.4, -0.2) is 48.5 Å². The molecule has 180 valence electrons. The van der Waals surface area contributed by atoms with E-state index in [-0.39, 0.29) is 37.0 Å². The van der Waals surface area contributed by atoms with Crippen molar-refractivity contribution in [3.8, 4) is 23.3 Å². The van der Waals surface area contributed by atoms with Crippen LogP contribution in [0.25, 0.3) is 6.08 Å². The van der Waals surface area contributed by atoms with Crippen LogP contribution in [0.4, 0.5) is 0 Å². The number of hydrogen-bond donors (Lipinski definition) is 0. The van der Waals surface area contributed by atoms with Crippen LogP contribution < -0.4 is 14.2 Å². The van der Waals surface area contributed by atoms with Gasteiger partial charge in [-0.1, -0.05) is 12.1 Å². The standard InChI is InChI=1S/C27H32N2O5/c1-6-32-26-17-21(7-13-24(30)22-9-11-23(12-10-22)33-16-15-28)8-14-25(26)34-18-27(31)29(19(2)3)20(4)5/h7-14,17,19-20H,6,16,18H2,1-5H3/b13-7+. The predicted octanol–water partition coefficient (Wildman–Crippen LogP) is 4.91. The molecular weight excluding hydrogens is 432 g/mol. The van der Waals surface area contributed by atoms with Gasteiger partial charge in [-0.05, 0) is 82.7 Å². The highest BCUT2D eigenvalue weighted by atomic mass is 16.5. The second kappa shape index (κ2) is 13.0. The molecule has 7 nitrogen and oxygen atoms in total. The molecule has 0 aliphatic heterocycles. The molecule has 0 aliphatic rings. The highest BCUT2D eigenvalue weighted by molar-refractivity contribution is 6.06. The zero-order chi connectivity index (χ0) is 25.1. The van der Waals surface area contributed by atoms with E-state index in [4.69, 9.17) is 19.5 Å². The quantitative estimate of drug-likeness (QED) is 0.328. The van der Waals surface area contributed by atoms with Crippen molar-refractivity contribution in [3.05, 3.63) is 59.7 Å². The van der Waals surface area contributed by atoms with Crippen LogP contribution in [0.2, 0.25) is 0 Å². The van der Waals surface area contributed by atoms with Gasteiger partial charge in [0.15, 0.2) is 30.5 Å². The van der Waals surface area contributed by atoms with E-state index in [0.29, 0.717) is 29.4 Å². The zero-order valence-corrected chi connectivity index (χ0v) is 20.4. The number of benzene rings is 2. The Hall–Kier alpha value is -3.79. The molecule has 0 saturated heterocycles. The van der Waals surface area contributed by atoms with E-state index in [1.54, 1.807) is 53.4 Å². The molecule has 0 aliphatic carbocycles. The average molecular weight is 465 g/mol. The molecule has 0 bridgehead atoms. The maximum absolute atomic E-state index is 12.6. The number of nitrogens with zero attached hydrogens (tertiary/aromatic N) is 2. The molecule has 0 fully saturated rings. The number of carbonyl (C=O) groups is 2. The highest BCUT2D eigenvalue weighted by Gasteiger charge is 2.21. The SMILES string of the molecule is CCOc1cc(/C=C/C(=O)c2ccc(OCC#N)cc2)ccc1OCC(=O)N(C(C)C)C(C)C. The summed E-state index contributed by atoms with van der Waals surface area (Å²) in [6, 6.07) is 14.0. The molecule has 0 radical (unpaired) electrons. The molecule has 2 aromatic rings. The van der Waals surface area contributed by atoms with Gasteiger partial charge >= 0.3 is 0 Å². The minimum atomic E-state index is -0.168. The van der Waals surface area contributed by atoms with Crippen LogP contribution >= 0.6 is 0 Å². The van der Waals surface area contributed by atoms with Gasteiger partial charge in [-0.25, -0.2) is 0 Å². The normalized spacial score (nSPS) is 10.9. The van der Waals surface area contributed by atoms with Crippen LogP contribution in [0.5, 0.6) is 17.2 Å². The summed E-state index contributed by atoms with van der Waals surface area (Å²) in [6.07, 6.45) is 3.17. The number of nitriles is 1. The number of hydrogen-bond acceptors (Lipinski definition) is 6. The molecule has 7 heteroatoms. The van der Waals surface area contributed by atoms with E-state index in [2.05, 4.69) is 0 Å². The van der Waals surface area contributed by atoms with Crippen LogP contribution in [0, 0.1) is 11.3 Å².